The molecule has 78 valence electrons. The van der Waals surface area contributed by atoms with Gasteiger partial charge in [-0.3, -0.25) is 4.68 Å². The van der Waals surface area contributed by atoms with Crippen LogP contribution in [0.1, 0.15) is 43.3 Å². The highest BCUT2D eigenvalue weighted by atomic mass is 15.3. The number of hydrogen-bond acceptors (Lipinski definition) is 3. The largest absolute Gasteiger partial charge is 0.328 e. The Morgan fingerprint density at radius 1 is 1.29 bits per heavy atom. The van der Waals surface area contributed by atoms with Gasteiger partial charge >= 0.3 is 0 Å². The van der Waals surface area contributed by atoms with Crippen LogP contribution in [0.4, 0.5) is 0 Å². The lowest BCUT2D eigenvalue weighted by Crippen LogP contribution is -2.26. The maximum Gasteiger partial charge on any atom is 0.153 e. The lowest BCUT2D eigenvalue weighted by Gasteiger charge is -2.23. The van der Waals surface area contributed by atoms with Crippen molar-refractivity contribution in [3.8, 4) is 0 Å². The fourth-order valence-electron chi connectivity index (χ4n) is 2.04. The molecule has 0 atom stereocenters. The molecule has 2 rings (SSSR count). The second-order valence-corrected chi connectivity index (χ2v) is 4.25. The van der Waals surface area contributed by atoms with Crippen LogP contribution in [0.15, 0.2) is 0 Å². The predicted molar refractivity (Wildman–Crippen MR) is 54.9 cm³/mol. The molecule has 0 bridgehead atoms. The highest BCUT2D eigenvalue weighted by Gasteiger charge is 2.23. The predicted octanol–water partition coefficient (Wildman–Crippen LogP) is 1.11. The third-order valence-electron chi connectivity index (χ3n) is 3.13. The monoisotopic (exact) mass is 194 g/mol. The molecule has 0 amide bonds. The summed E-state index contributed by atoms with van der Waals surface area (Å²) < 4.78 is 1.85. The summed E-state index contributed by atoms with van der Waals surface area (Å²) in [6, 6.07) is 0.399. The topological polar surface area (TPSA) is 56.7 Å². The van der Waals surface area contributed by atoms with Crippen LogP contribution >= 0.6 is 0 Å². The molecule has 0 saturated heterocycles. The van der Waals surface area contributed by atoms with Crippen LogP contribution in [0.5, 0.6) is 0 Å². The van der Waals surface area contributed by atoms with E-state index in [-0.39, 0.29) is 0 Å². The Labute approximate surface area is 84.5 Å². The molecule has 1 heterocycles. The van der Waals surface area contributed by atoms with Crippen molar-refractivity contribution in [1.82, 2.24) is 14.8 Å². The summed E-state index contributed by atoms with van der Waals surface area (Å²) in [7, 11) is 1.94. The zero-order chi connectivity index (χ0) is 10.1. The molecule has 0 spiro atoms. The van der Waals surface area contributed by atoms with E-state index in [1.807, 2.05) is 18.7 Å². The van der Waals surface area contributed by atoms with Gasteiger partial charge in [0.2, 0.25) is 0 Å². The summed E-state index contributed by atoms with van der Waals surface area (Å²) in [5, 5.41) is 4.42. The molecular formula is C10H18N4. The van der Waals surface area contributed by atoms with E-state index in [1.54, 1.807) is 0 Å². The van der Waals surface area contributed by atoms with Gasteiger partial charge in [0, 0.05) is 19.0 Å². The van der Waals surface area contributed by atoms with Crippen molar-refractivity contribution in [2.45, 2.75) is 44.6 Å². The third-order valence-corrected chi connectivity index (χ3v) is 3.13. The van der Waals surface area contributed by atoms with Crippen LogP contribution in [0.2, 0.25) is 0 Å². The minimum atomic E-state index is 0.399. The molecular weight excluding hydrogens is 176 g/mol. The minimum absolute atomic E-state index is 0.399. The van der Waals surface area contributed by atoms with Gasteiger partial charge in [0.25, 0.3) is 0 Å². The molecule has 0 aliphatic heterocycles. The van der Waals surface area contributed by atoms with Crippen molar-refractivity contribution in [1.29, 1.82) is 0 Å². The molecule has 1 saturated carbocycles. The summed E-state index contributed by atoms with van der Waals surface area (Å²) in [6.07, 6.45) is 4.51. The average Bonchev–Trinajstić information content (AvgIpc) is 2.48. The standard InChI is InChI=1S/C10H18N4/c1-7-12-10(13-14(7)2)8-3-5-9(11)6-4-8/h8-9H,3-6,11H2,1-2H3. The molecule has 0 aromatic carbocycles. The number of aryl methyl sites for hydroxylation is 2. The Balaban J connectivity index is 2.08. The molecule has 0 radical (unpaired) electrons. The molecule has 1 aliphatic rings. The quantitative estimate of drug-likeness (QED) is 0.728. The van der Waals surface area contributed by atoms with Crippen LogP contribution in [-0.4, -0.2) is 20.8 Å². The highest BCUT2D eigenvalue weighted by molar-refractivity contribution is 5.00. The average molecular weight is 194 g/mol. The van der Waals surface area contributed by atoms with Gasteiger partial charge in [-0.25, -0.2) is 4.98 Å². The van der Waals surface area contributed by atoms with Crippen molar-refractivity contribution >= 4 is 0 Å². The van der Waals surface area contributed by atoms with Crippen molar-refractivity contribution in [2.75, 3.05) is 0 Å². The number of nitrogens with two attached hydrogens (primary N) is 1. The van der Waals surface area contributed by atoms with Gasteiger partial charge in [-0.1, -0.05) is 0 Å². The Morgan fingerprint density at radius 2 is 1.93 bits per heavy atom. The van der Waals surface area contributed by atoms with Gasteiger partial charge in [-0.15, -0.1) is 0 Å². The summed E-state index contributed by atoms with van der Waals surface area (Å²) >= 11 is 0. The highest BCUT2D eigenvalue weighted by Crippen LogP contribution is 2.30. The fourth-order valence-corrected chi connectivity index (χ4v) is 2.04. The molecule has 0 unspecified atom stereocenters. The molecule has 1 aromatic heterocycles. The first kappa shape index (κ1) is 9.65. The Bertz CT molecular complexity index is 290. The van der Waals surface area contributed by atoms with Gasteiger partial charge in [-0.05, 0) is 32.6 Å². The van der Waals surface area contributed by atoms with Crippen LogP contribution in [0.25, 0.3) is 0 Å². The molecule has 2 N–H and O–H groups in total. The molecule has 1 aromatic rings. The third kappa shape index (κ3) is 1.80. The van der Waals surface area contributed by atoms with Crippen molar-refractivity contribution in [3.63, 3.8) is 0 Å². The van der Waals surface area contributed by atoms with Crippen LogP contribution in [0.3, 0.4) is 0 Å². The summed E-state index contributed by atoms with van der Waals surface area (Å²) in [5.74, 6) is 2.54. The Morgan fingerprint density at radius 3 is 2.43 bits per heavy atom. The van der Waals surface area contributed by atoms with Gasteiger partial charge in [0.1, 0.15) is 5.82 Å². The minimum Gasteiger partial charge on any atom is -0.328 e. The Hall–Kier alpha value is -0.900. The molecule has 1 fully saturated rings. The zero-order valence-corrected chi connectivity index (χ0v) is 8.90. The van der Waals surface area contributed by atoms with Crippen LogP contribution in [-0.2, 0) is 7.05 Å². The van der Waals surface area contributed by atoms with E-state index in [0.717, 1.165) is 37.3 Å². The van der Waals surface area contributed by atoms with E-state index < -0.39 is 0 Å². The first-order chi connectivity index (χ1) is 6.66. The van der Waals surface area contributed by atoms with Crippen molar-refractivity contribution in [2.24, 2.45) is 12.8 Å². The van der Waals surface area contributed by atoms with Gasteiger partial charge in [0.05, 0.1) is 0 Å². The lowest BCUT2D eigenvalue weighted by atomic mass is 9.86. The zero-order valence-electron chi connectivity index (χ0n) is 8.90. The Kier molecular flexibility index (Phi) is 2.54. The van der Waals surface area contributed by atoms with Gasteiger partial charge < -0.3 is 5.73 Å². The van der Waals surface area contributed by atoms with E-state index in [1.165, 1.54) is 0 Å². The first-order valence-corrected chi connectivity index (χ1v) is 5.30. The summed E-state index contributed by atoms with van der Waals surface area (Å²) in [5.41, 5.74) is 5.86. The van der Waals surface area contributed by atoms with E-state index in [4.69, 9.17) is 5.73 Å². The van der Waals surface area contributed by atoms with Crippen LogP contribution < -0.4 is 5.73 Å². The second-order valence-electron chi connectivity index (χ2n) is 4.25. The maximum absolute atomic E-state index is 5.86. The van der Waals surface area contributed by atoms with E-state index >= 15 is 0 Å². The molecule has 1 aliphatic carbocycles. The van der Waals surface area contributed by atoms with Crippen molar-refractivity contribution in [3.05, 3.63) is 11.6 Å². The SMILES string of the molecule is Cc1nc(C2CCC(N)CC2)nn1C. The molecule has 4 nitrogen and oxygen atoms in total. The van der Waals surface area contributed by atoms with E-state index in [9.17, 15) is 0 Å². The number of hydrogen-bond donors (Lipinski definition) is 1. The van der Waals surface area contributed by atoms with Gasteiger partial charge in [-0.2, -0.15) is 5.10 Å². The number of aromatic nitrogens is 3. The van der Waals surface area contributed by atoms with E-state index in [0.29, 0.717) is 12.0 Å². The van der Waals surface area contributed by atoms with E-state index in [2.05, 4.69) is 10.1 Å². The number of rotatable bonds is 1. The van der Waals surface area contributed by atoms with Crippen molar-refractivity contribution < 1.29 is 0 Å². The summed E-state index contributed by atoms with van der Waals surface area (Å²) in [6.45, 7) is 1.99. The lowest BCUT2D eigenvalue weighted by molar-refractivity contribution is 0.384. The first-order valence-electron chi connectivity index (χ1n) is 5.30. The maximum atomic E-state index is 5.86. The van der Waals surface area contributed by atoms with Gasteiger partial charge in [0.15, 0.2) is 5.82 Å². The molecule has 14 heavy (non-hydrogen) atoms. The number of nitrogens with zero attached hydrogens (tertiary/aromatic N) is 3. The summed E-state index contributed by atoms with van der Waals surface area (Å²) in [4.78, 5) is 4.47. The fraction of sp³-hybridized carbons (Fsp3) is 0.800. The van der Waals surface area contributed by atoms with Crippen LogP contribution in [0, 0.1) is 6.92 Å². The normalized spacial score (nSPS) is 27.9. The second kappa shape index (κ2) is 3.69. The molecule has 4 heteroatoms. The smallest absolute Gasteiger partial charge is 0.153 e.